The lowest BCUT2D eigenvalue weighted by Crippen LogP contribution is -2.34. The lowest BCUT2D eigenvalue weighted by atomic mass is 10.1. The molecule has 0 bridgehead atoms. The molecule has 0 atom stereocenters. The standard InChI is InChI=1S/C12H17FN2O2/c1-14(2)7-8-15(3)12(17)11-9(13)5-4-6-10(11)16/h4-6,16H,7-8H2,1-3H3. The summed E-state index contributed by atoms with van der Waals surface area (Å²) in [5.41, 5.74) is -0.270. The predicted octanol–water partition coefficient (Wildman–Crippen LogP) is 1.16. The number of likely N-dealkylation sites (N-methyl/N-ethyl adjacent to an activating group) is 2. The van der Waals surface area contributed by atoms with E-state index in [2.05, 4.69) is 0 Å². The van der Waals surface area contributed by atoms with Crippen molar-refractivity contribution in [3.05, 3.63) is 29.6 Å². The van der Waals surface area contributed by atoms with E-state index in [9.17, 15) is 14.3 Å². The molecule has 0 aromatic heterocycles. The van der Waals surface area contributed by atoms with Gasteiger partial charge in [0, 0.05) is 20.1 Å². The van der Waals surface area contributed by atoms with E-state index < -0.39 is 11.7 Å². The minimum Gasteiger partial charge on any atom is -0.507 e. The van der Waals surface area contributed by atoms with Crippen molar-refractivity contribution < 1.29 is 14.3 Å². The zero-order valence-electron chi connectivity index (χ0n) is 10.3. The van der Waals surface area contributed by atoms with Gasteiger partial charge in [-0.05, 0) is 26.2 Å². The number of nitrogens with zero attached hydrogens (tertiary/aromatic N) is 2. The summed E-state index contributed by atoms with van der Waals surface area (Å²) >= 11 is 0. The molecule has 17 heavy (non-hydrogen) atoms. The highest BCUT2D eigenvalue weighted by molar-refractivity contribution is 5.96. The summed E-state index contributed by atoms with van der Waals surface area (Å²) in [6.07, 6.45) is 0. The molecular formula is C12H17FN2O2. The molecule has 0 saturated heterocycles. The van der Waals surface area contributed by atoms with E-state index in [1.165, 1.54) is 17.0 Å². The van der Waals surface area contributed by atoms with Crippen LogP contribution in [-0.4, -0.2) is 55.0 Å². The molecule has 0 radical (unpaired) electrons. The van der Waals surface area contributed by atoms with Gasteiger partial charge in [0.1, 0.15) is 17.1 Å². The summed E-state index contributed by atoms with van der Waals surface area (Å²) in [4.78, 5) is 15.2. The highest BCUT2D eigenvalue weighted by Crippen LogP contribution is 2.21. The molecule has 0 heterocycles. The van der Waals surface area contributed by atoms with Crippen molar-refractivity contribution in [3.8, 4) is 5.75 Å². The maximum Gasteiger partial charge on any atom is 0.260 e. The normalized spacial score (nSPS) is 10.6. The van der Waals surface area contributed by atoms with Crippen LogP contribution in [0.5, 0.6) is 5.75 Å². The van der Waals surface area contributed by atoms with Crippen molar-refractivity contribution in [2.45, 2.75) is 0 Å². The van der Waals surface area contributed by atoms with Crippen LogP contribution in [0.1, 0.15) is 10.4 Å². The summed E-state index contributed by atoms with van der Waals surface area (Å²) in [6, 6.07) is 3.82. The molecule has 1 N–H and O–H groups in total. The molecule has 1 aromatic carbocycles. The number of carbonyl (C=O) groups excluding carboxylic acids is 1. The molecule has 1 aromatic rings. The number of phenols is 1. The smallest absolute Gasteiger partial charge is 0.260 e. The lowest BCUT2D eigenvalue weighted by Gasteiger charge is -2.20. The second-order valence-corrected chi connectivity index (χ2v) is 4.16. The van der Waals surface area contributed by atoms with Gasteiger partial charge in [0.25, 0.3) is 5.91 Å². The van der Waals surface area contributed by atoms with Crippen LogP contribution in [0.25, 0.3) is 0 Å². The number of rotatable bonds is 4. The molecule has 0 unspecified atom stereocenters. The zero-order valence-corrected chi connectivity index (χ0v) is 10.3. The predicted molar refractivity (Wildman–Crippen MR) is 63.6 cm³/mol. The second-order valence-electron chi connectivity index (χ2n) is 4.16. The van der Waals surface area contributed by atoms with Crippen LogP contribution in [0.4, 0.5) is 4.39 Å². The molecule has 94 valence electrons. The van der Waals surface area contributed by atoms with Gasteiger partial charge in [0.15, 0.2) is 0 Å². The van der Waals surface area contributed by atoms with Gasteiger partial charge in [-0.15, -0.1) is 0 Å². The van der Waals surface area contributed by atoms with Gasteiger partial charge in [-0.25, -0.2) is 4.39 Å². The Morgan fingerprint density at radius 2 is 1.94 bits per heavy atom. The lowest BCUT2D eigenvalue weighted by molar-refractivity contribution is 0.0778. The molecule has 1 amide bonds. The number of carbonyl (C=O) groups is 1. The third-order valence-corrected chi connectivity index (χ3v) is 2.43. The largest absolute Gasteiger partial charge is 0.507 e. The minimum absolute atomic E-state index is 0.270. The molecule has 5 heteroatoms. The van der Waals surface area contributed by atoms with Gasteiger partial charge in [0.2, 0.25) is 0 Å². The third kappa shape index (κ3) is 3.42. The first-order valence-corrected chi connectivity index (χ1v) is 5.31. The molecule has 0 aliphatic carbocycles. The fourth-order valence-corrected chi connectivity index (χ4v) is 1.37. The number of benzene rings is 1. The number of halogens is 1. The quantitative estimate of drug-likeness (QED) is 0.859. The van der Waals surface area contributed by atoms with Crippen LogP contribution in [0, 0.1) is 5.82 Å². The molecule has 0 aliphatic rings. The van der Waals surface area contributed by atoms with E-state index in [0.29, 0.717) is 13.1 Å². The Hall–Kier alpha value is -1.62. The first-order chi connectivity index (χ1) is 7.93. The van der Waals surface area contributed by atoms with Gasteiger partial charge in [-0.1, -0.05) is 6.07 Å². The molecule has 0 fully saturated rings. The molecule has 0 saturated carbocycles. The van der Waals surface area contributed by atoms with Gasteiger partial charge >= 0.3 is 0 Å². The number of hydrogen-bond acceptors (Lipinski definition) is 3. The van der Waals surface area contributed by atoms with Crippen LogP contribution in [0.2, 0.25) is 0 Å². The van der Waals surface area contributed by atoms with Gasteiger partial charge in [-0.2, -0.15) is 0 Å². The van der Waals surface area contributed by atoms with Crippen molar-refractivity contribution in [2.75, 3.05) is 34.2 Å². The SMILES string of the molecule is CN(C)CCN(C)C(=O)c1c(O)cccc1F. The van der Waals surface area contributed by atoms with E-state index in [0.717, 1.165) is 6.07 Å². The Labute approximate surface area is 100 Å². The highest BCUT2D eigenvalue weighted by atomic mass is 19.1. The number of hydrogen-bond donors (Lipinski definition) is 1. The number of aromatic hydroxyl groups is 1. The molecule has 4 nitrogen and oxygen atoms in total. The topological polar surface area (TPSA) is 43.8 Å². The van der Waals surface area contributed by atoms with E-state index in [-0.39, 0.29) is 11.3 Å². The van der Waals surface area contributed by atoms with Gasteiger partial charge < -0.3 is 14.9 Å². The van der Waals surface area contributed by atoms with Crippen LogP contribution < -0.4 is 0 Å². The highest BCUT2D eigenvalue weighted by Gasteiger charge is 2.19. The average molecular weight is 240 g/mol. The van der Waals surface area contributed by atoms with E-state index >= 15 is 0 Å². The fourth-order valence-electron chi connectivity index (χ4n) is 1.37. The first-order valence-electron chi connectivity index (χ1n) is 5.31. The maximum atomic E-state index is 13.4. The number of phenolic OH excluding ortho intramolecular Hbond substituents is 1. The Balaban J connectivity index is 2.82. The molecule has 0 aliphatic heterocycles. The van der Waals surface area contributed by atoms with Crippen molar-refractivity contribution in [3.63, 3.8) is 0 Å². The van der Waals surface area contributed by atoms with E-state index in [4.69, 9.17) is 0 Å². The van der Waals surface area contributed by atoms with Crippen molar-refractivity contribution >= 4 is 5.91 Å². The Morgan fingerprint density at radius 3 is 2.47 bits per heavy atom. The van der Waals surface area contributed by atoms with Gasteiger partial charge in [0.05, 0.1) is 0 Å². The summed E-state index contributed by atoms with van der Waals surface area (Å²) in [5, 5.41) is 9.49. The first kappa shape index (κ1) is 13.4. The zero-order chi connectivity index (χ0) is 13.0. The molecule has 1 rings (SSSR count). The third-order valence-electron chi connectivity index (χ3n) is 2.43. The van der Waals surface area contributed by atoms with Crippen molar-refractivity contribution in [2.24, 2.45) is 0 Å². The summed E-state index contributed by atoms with van der Waals surface area (Å²) in [5.74, 6) is -1.54. The van der Waals surface area contributed by atoms with E-state index in [1.807, 2.05) is 19.0 Å². The minimum atomic E-state index is -0.702. The monoisotopic (exact) mass is 240 g/mol. The summed E-state index contributed by atoms with van der Waals surface area (Å²) in [7, 11) is 5.36. The Kier molecular flexibility index (Phi) is 4.45. The van der Waals surface area contributed by atoms with Crippen molar-refractivity contribution in [1.29, 1.82) is 0 Å². The van der Waals surface area contributed by atoms with E-state index in [1.54, 1.807) is 7.05 Å². The second kappa shape index (κ2) is 5.63. The Bertz CT molecular complexity index is 387. The molecule has 0 spiro atoms. The average Bonchev–Trinajstić information content (AvgIpc) is 2.25. The van der Waals surface area contributed by atoms with Crippen LogP contribution in [-0.2, 0) is 0 Å². The summed E-state index contributed by atoms with van der Waals surface area (Å²) < 4.78 is 13.4. The van der Waals surface area contributed by atoms with Gasteiger partial charge in [-0.3, -0.25) is 4.79 Å². The van der Waals surface area contributed by atoms with Crippen LogP contribution >= 0.6 is 0 Å². The van der Waals surface area contributed by atoms with Crippen molar-refractivity contribution in [1.82, 2.24) is 9.80 Å². The Morgan fingerprint density at radius 1 is 1.29 bits per heavy atom. The number of amides is 1. The van der Waals surface area contributed by atoms with Crippen LogP contribution in [0.15, 0.2) is 18.2 Å². The summed E-state index contributed by atoms with van der Waals surface area (Å²) in [6.45, 7) is 1.15. The molecular weight excluding hydrogens is 223 g/mol. The fraction of sp³-hybridized carbons (Fsp3) is 0.417. The van der Waals surface area contributed by atoms with Crippen LogP contribution in [0.3, 0.4) is 0 Å². The maximum absolute atomic E-state index is 13.4.